The van der Waals surface area contributed by atoms with Crippen LogP contribution in [0.2, 0.25) is 0 Å². The molecule has 7 heteroatoms. The second-order valence-electron chi connectivity index (χ2n) is 5.76. The van der Waals surface area contributed by atoms with Gasteiger partial charge in [-0.2, -0.15) is 0 Å². The van der Waals surface area contributed by atoms with Gasteiger partial charge in [-0.3, -0.25) is 4.79 Å². The minimum absolute atomic E-state index is 0. The summed E-state index contributed by atoms with van der Waals surface area (Å²) in [6, 6.07) is 0.160. The number of nitrogens with zero attached hydrogens (tertiary/aromatic N) is 2. The van der Waals surface area contributed by atoms with Gasteiger partial charge in [-0.05, 0) is 25.7 Å². The van der Waals surface area contributed by atoms with Crippen molar-refractivity contribution < 1.29 is 9.59 Å². The summed E-state index contributed by atoms with van der Waals surface area (Å²) in [7, 11) is 0. The van der Waals surface area contributed by atoms with E-state index in [1.54, 1.807) is 4.90 Å². The highest BCUT2D eigenvalue weighted by Gasteiger charge is 2.29. The SMILES string of the molecule is CCNC(=O)N1CCN(C(=O)C[C@@H]2CCC[C@H]2N)CC1.Cl. The Labute approximate surface area is 132 Å². The summed E-state index contributed by atoms with van der Waals surface area (Å²) < 4.78 is 0. The summed E-state index contributed by atoms with van der Waals surface area (Å²) in [5.41, 5.74) is 6.02. The maximum atomic E-state index is 12.3. The molecule has 122 valence electrons. The highest BCUT2D eigenvalue weighted by Crippen LogP contribution is 2.27. The van der Waals surface area contributed by atoms with Gasteiger partial charge in [0, 0.05) is 45.2 Å². The predicted octanol–water partition coefficient (Wildman–Crippen LogP) is 0.799. The van der Waals surface area contributed by atoms with Crippen LogP contribution in [-0.4, -0.2) is 60.5 Å². The van der Waals surface area contributed by atoms with Crippen LogP contribution < -0.4 is 11.1 Å². The van der Waals surface area contributed by atoms with Crippen molar-refractivity contribution in [3.05, 3.63) is 0 Å². The molecule has 0 spiro atoms. The van der Waals surface area contributed by atoms with E-state index in [9.17, 15) is 9.59 Å². The zero-order valence-corrected chi connectivity index (χ0v) is 13.5. The molecule has 0 aromatic carbocycles. The molecule has 3 N–H and O–H groups in total. The third-order valence-corrected chi connectivity index (χ3v) is 4.40. The monoisotopic (exact) mass is 318 g/mol. The van der Waals surface area contributed by atoms with Crippen LogP contribution in [-0.2, 0) is 4.79 Å². The lowest BCUT2D eigenvalue weighted by atomic mass is 9.99. The molecule has 2 atom stereocenters. The fraction of sp³-hybridized carbons (Fsp3) is 0.857. The Morgan fingerprint density at radius 2 is 1.76 bits per heavy atom. The third-order valence-electron chi connectivity index (χ3n) is 4.40. The lowest BCUT2D eigenvalue weighted by Gasteiger charge is -2.35. The number of carbonyl (C=O) groups excluding carboxylic acids is 2. The molecule has 0 aromatic rings. The zero-order chi connectivity index (χ0) is 14.5. The van der Waals surface area contributed by atoms with Crippen LogP contribution in [0, 0.1) is 5.92 Å². The highest BCUT2D eigenvalue weighted by molar-refractivity contribution is 5.85. The minimum Gasteiger partial charge on any atom is -0.339 e. The largest absolute Gasteiger partial charge is 0.339 e. The van der Waals surface area contributed by atoms with E-state index in [4.69, 9.17) is 5.73 Å². The highest BCUT2D eigenvalue weighted by atomic mass is 35.5. The average molecular weight is 319 g/mol. The summed E-state index contributed by atoms with van der Waals surface area (Å²) in [5.74, 6) is 0.548. The molecular weight excluding hydrogens is 292 g/mol. The van der Waals surface area contributed by atoms with Crippen molar-refractivity contribution >= 4 is 24.3 Å². The molecule has 3 amide bonds. The molecule has 2 rings (SSSR count). The molecule has 0 unspecified atom stereocenters. The Bertz CT molecular complexity index is 359. The van der Waals surface area contributed by atoms with Crippen LogP contribution in [0.3, 0.4) is 0 Å². The first-order valence-electron chi connectivity index (χ1n) is 7.68. The zero-order valence-electron chi connectivity index (χ0n) is 12.7. The molecule has 21 heavy (non-hydrogen) atoms. The molecule has 2 fully saturated rings. The summed E-state index contributed by atoms with van der Waals surface area (Å²) in [6.07, 6.45) is 3.83. The Morgan fingerprint density at radius 3 is 2.29 bits per heavy atom. The first-order chi connectivity index (χ1) is 9.61. The second-order valence-corrected chi connectivity index (χ2v) is 5.76. The van der Waals surface area contributed by atoms with E-state index in [1.165, 1.54) is 0 Å². The van der Waals surface area contributed by atoms with Gasteiger partial charge < -0.3 is 20.9 Å². The number of halogens is 1. The summed E-state index contributed by atoms with van der Waals surface area (Å²) in [5, 5.41) is 2.79. The van der Waals surface area contributed by atoms with E-state index in [0.717, 1.165) is 19.3 Å². The quantitative estimate of drug-likeness (QED) is 0.808. The Morgan fingerprint density at radius 1 is 1.14 bits per heavy atom. The number of nitrogens with two attached hydrogens (primary N) is 1. The van der Waals surface area contributed by atoms with Gasteiger partial charge in [-0.15, -0.1) is 12.4 Å². The number of urea groups is 1. The normalized spacial score (nSPS) is 25.4. The van der Waals surface area contributed by atoms with Crippen LogP contribution in [0.5, 0.6) is 0 Å². The van der Waals surface area contributed by atoms with Crippen molar-refractivity contribution in [2.24, 2.45) is 11.7 Å². The van der Waals surface area contributed by atoms with Crippen molar-refractivity contribution in [3.63, 3.8) is 0 Å². The molecule has 6 nitrogen and oxygen atoms in total. The smallest absolute Gasteiger partial charge is 0.317 e. The molecule has 0 aromatic heterocycles. The molecule has 1 aliphatic heterocycles. The van der Waals surface area contributed by atoms with Gasteiger partial charge >= 0.3 is 6.03 Å². The van der Waals surface area contributed by atoms with Gasteiger partial charge in [-0.1, -0.05) is 6.42 Å². The van der Waals surface area contributed by atoms with Crippen molar-refractivity contribution in [2.75, 3.05) is 32.7 Å². The fourth-order valence-corrected chi connectivity index (χ4v) is 3.09. The fourth-order valence-electron chi connectivity index (χ4n) is 3.09. The van der Waals surface area contributed by atoms with Gasteiger partial charge in [0.1, 0.15) is 0 Å². The van der Waals surface area contributed by atoms with Crippen LogP contribution in [0.1, 0.15) is 32.6 Å². The number of piperazine rings is 1. The van der Waals surface area contributed by atoms with Crippen LogP contribution in [0.15, 0.2) is 0 Å². The predicted molar refractivity (Wildman–Crippen MR) is 84.4 cm³/mol. The van der Waals surface area contributed by atoms with Crippen molar-refractivity contribution in [3.8, 4) is 0 Å². The van der Waals surface area contributed by atoms with Gasteiger partial charge in [0.05, 0.1) is 0 Å². The first kappa shape index (κ1) is 18.0. The summed E-state index contributed by atoms with van der Waals surface area (Å²) in [4.78, 5) is 27.6. The van der Waals surface area contributed by atoms with E-state index in [2.05, 4.69) is 5.32 Å². The van der Waals surface area contributed by atoms with Gasteiger partial charge in [0.25, 0.3) is 0 Å². The number of carbonyl (C=O) groups is 2. The molecular formula is C14H27ClN4O2. The van der Waals surface area contributed by atoms with E-state index < -0.39 is 0 Å². The van der Waals surface area contributed by atoms with Gasteiger partial charge in [0.2, 0.25) is 5.91 Å². The maximum absolute atomic E-state index is 12.3. The Balaban J connectivity index is 0.00000220. The molecule has 2 aliphatic rings. The molecule has 1 heterocycles. The number of hydrogen-bond acceptors (Lipinski definition) is 3. The van der Waals surface area contributed by atoms with E-state index in [1.807, 2.05) is 11.8 Å². The standard InChI is InChI=1S/C14H26N4O2.ClH/c1-2-16-14(20)18-8-6-17(7-9-18)13(19)10-11-4-3-5-12(11)15;/h11-12H,2-10,15H2,1H3,(H,16,20);1H/t11-,12+;/m0./s1. The van der Waals surface area contributed by atoms with Gasteiger partial charge in [0.15, 0.2) is 0 Å². The molecule has 1 saturated carbocycles. The van der Waals surface area contributed by atoms with Crippen LogP contribution in [0.4, 0.5) is 4.79 Å². The van der Waals surface area contributed by atoms with Crippen LogP contribution in [0.25, 0.3) is 0 Å². The minimum atomic E-state index is -0.0302. The molecule has 1 saturated heterocycles. The van der Waals surface area contributed by atoms with E-state index in [-0.39, 0.29) is 30.4 Å². The van der Waals surface area contributed by atoms with E-state index >= 15 is 0 Å². The Hall–Kier alpha value is -1.01. The lowest BCUT2D eigenvalue weighted by molar-refractivity contribution is -0.133. The molecule has 0 radical (unpaired) electrons. The maximum Gasteiger partial charge on any atom is 0.317 e. The van der Waals surface area contributed by atoms with E-state index in [0.29, 0.717) is 45.1 Å². The van der Waals surface area contributed by atoms with Crippen molar-refractivity contribution in [2.45, 2.75) is 38.6 Å². The van der Waals surface area contributed by atoms with Crippen molar-refractivity contribution in [1.82, 2.24) is 15.1 Å². The third kappa shape index (κ3) is 4.74. The van der Waals surface area contributed by atoms with Crippen molar-refractivity contribution in [1.29, 1.82) is 0 Å². The molecule has 0 bridgehead atoms. The number of rotatable bonds is 3. The summed E-state index contributed by atoms with van der Waals surface area (Å²) in [6.45, 7) is 5.05. The Kier molecular flexibility index (Phi) is 7.25. The number of amides is 3. The van der Waals surface area contributed by atoms with Gasteiger partial charge in [-0.25, -0.2) is 4.79 Å². The van der Waals surface area contributed by atoms with Crippen LogP contribution >= 0.6 is 12.4 Å². The second kappa shape index (κ2) is 8.44. The molecule has 1 aliphatic carbocycles. The average Bonchev–Trinajstić information content (AvgIpc) is 2.85. The lowest BCUT2D eigenvalue weighted by Crippen LogP contribution is -2.53. The first-order valence-corrected chi connectivity index (χ1v) is 7.68. The topological polar surface area (TPSA) is 78.7 Å². The summed E-state index contributed by atoms with van der Waals surface area (Å²) >= 11 is 0. The number of hydrogen-bond donors (Lipinski definition) is 2. The number of nitrogens with one attached hydrogen (secondary N) is 1.